The van der Waals surface area contributed by atoms with Gasteiger partial charge in [-0.1, -0.05) is 12.1 Å². The molecular formula is C18H17FN2O4S. The molecule has 1 fully saturated rings. The van der Waals surface area contributed by atoms with Crippen LogP contribution >= 0.6 is 0 Å². The Labute approximate surface area is 150 Å². The van der Waals surface area contributed by atoms with Crippen LogP contribution in [-0.4, -0.2) is 31.7 Å². The molecule has 1 saturated heterocycles. The first-order chi connectivity index (χ1) is 12.3. The van der Waals surface area contributed by atoms with Gasteiger partial charge in [0.15, 0.2) is 9.84 Å². The molecule has 2 amide bonds. The van der Waals surface area contributed by atoms with Crippen molar-refractivity contribution >= 4 is 33.0 Å². The van der Waals surface area contributed by atoms with E-state index in [9.17, 15) is 22.4 Å². The van der Waals surface area contributed by atoms with Crippen LogP contribution in [0.3, 0.4) is 0 Å². The smallest absolute Gasteiger partial charge is 0.257 e. The summed E-state index contributed by atoms with van der Waals surface area (Å²) in [7, 11) is -3.17. The van der Waals surface area contributed by atoms with E-state index < -0.39 is 33.4 Å². The van der Waals surface area contributed by atoms with Gasteiger partial charge < -0.3 is 10.6 Å². The third-order valence-electron chi connectivity index (χ3n) is 4.13. The summed E-state index contributed by atoms with van der Waals surface area (Å²) in [6, 6.07) is 11.7. The highest BCUT2D eigenvalue weighted by atomic mass is 32.2. The highest BCUT2D eigenvalue weighted by molar-refractivity contribution is 7.91. The van der Waals surface area contributed by atoms with E-state index in [0.717, 1.165) is 0 Å². The Kier molecular flexibility index (Phi) is 5.03. The molecule has 3 rings (SSSR count). The first-order valence-electron chi connectivity index (χ1n) is 8.01. The first-order valence-corrected chi connectivity index (χ1v) is 9.83. The maximum atomic E-state index is 13.0. The minimum atomic E-state index is -3.17. The van der Waals surface area contributed by atoms with E-state index >= 15 is 0 Å². The third kappa shape index (κ3) is 4.26. The lowest BCUT2D eigenvalue weighted by atomic mass is 10.1. The molecule has 0 radical (unpaired) electrons. The van der Waals surface area contributed by atoms with E-state index in [1.807, 2.05) is 0 Å². The Morgan fingerprint density at radius 3 is 2.35 bits per heavy atom. The molecule has 2 N–H and O–H groups in total. The maximum absolute atomic E-state index is 13.0. The number of anilines is 2. The molecule has 1 atom stereocenters. The van der Waals surface area contributed by atoms with Crippen molar-refractivity contribution in [3.05, 3.63) is 59.9 Å². The molecule has 2 aromatic rings. The van der Waals surface area contributed by atoms with Crippen molar-refractivity contribution in [1.29, 1.82) is 0 Å². The number of hydrogen-bond donors (Lipinski definition) is 2. The van der Waals surface area contributed by atoms with E-state index in [2.05, 4.69) is 10.6 Å². The van der Waals surface area contributed by atoms with E-state index in [1.165, 1.54) is 24.3 Å². The highest BCUT2D eigenvalue weighted by Crippen LogP contribution is 2.23. The predicted molar refractivity (Wildman–Crippen MR) is 96.2 cm³/mol. The quantitative estimate of drug-likeness (QED) is 0.857. The second-order valence-corrected chi connectivity index (χ2v) is 8.32. The van der Waals surface area contributed by atoms with Crippen molar-refractivity contribution in [3.8, 4) is 0 Å². The summed E-state index contributed by atoms with van der Waals surface area (Å²) in [5.74, 6) is -2.10. The van der Waals surface area contributed by atoms with Gasteiger partial charge in [0.1, 0.15) is 5.82 Å². The lowest BCUT2D eigenvalue weighted by Gasteiger charge is -2.13. The molecule has 1 unspecified atom stereocenters. The van der Waals surface area contributed by atoms with Gasteiger partial charge in [-0.25, -0.2) is 12.8 Å². The fourth-order valence-corrected chi connectivity index (χ4v) is 4.50. The average molecular weight is 376 g/mol. The summed E-state index contributed by atoms with van der Waals surface area (Å²) in [5, 5.41) is 5.27. The fraction of sp³-hybridized carbons (Fsp3) is 0.222. The number of hydrogen-bond acceptors (Lipinski definition) is 4. The van der Waals surface area contributed by atoms with E-state index in [0.29, 0.717) is 11.4 Å². The molecule has 0 spiro atoms. The number of carbonyl (C=O) groups excluding carboxylic acids is 2. The minimum absolute atomic E-state index is 0.00220. The van der Waals surface area contributed by atoms with E-state index in [1.54, 1.807) is 24.3 Å². The van der Waals surface area contributed by atoms with Crippen LogP contribution in [0.25, 0.3) is 0 Å². The molecule has 0 saturated carbocycles. The Bertz CT molecular complexity index is 942. The van der Waals surface area contributed by atoms with Gasteiger partial charge in [0, 0.05) is 5.69 Å². The van der Waals surface area contributed by atoms with Crippen molar-refractivity contribution in [2.24, 2.45) is 5.92 Å². The van der Waals surface area contributed by atoms with Gasteiger partial charge >= 0.3 is 0 Å². The minimum Gasteiger partial charge on any atom is -0.325 e. The predicted octanol–water partition coefficient (Wildman–Crippen LogP) is 2.45. The van der Waals surface area contributed by atoms with Crippen molar-refractivity contribution in [2.75, 3.05) is 22.1 Å². The summed E-state index contributed by atoms with van der Waals surface area (Å²) in [6.45, 7) is 0. The topological polar surface area (TPSA) is 92.3 Å². The van der Waals surface area contributed by atoms with Gasteiger partial charge in [0.2, 0.25) is 5.91 Å². The molecule has 1 aliphatic heterocycles. The van der Waals surface area contributed by atoms with Crippen LogP contribution in [0.4, 0.5) is 15.8 Å². The largest absolute Gasteiger partial charge is 0.325 e. The first kappa shape index (κ1) is 18.1. The van der Waals surface area contributed by atoms with Crippen molar-refractivity contribution in [2.45, 2.75) is 6.42 Å². The molecule has 136 valence electrons. The monoisotopic (exact) mass is 376 g/mol. The molecule has 0 aliphatic carbocycles. The summed E-state index contributed by atoms with van der Waals surface area (Å²) in [5.41, 5.74) is 0.937. The zero-order valence-corrected chi connectivity index (χ0v) is 14.6. The Morgan fingerprint density at radius 1 is 1.00 bits per heavy atom. The van der Waals surface area contributed by atoms with Gasteiger partial charge in [0.05, 0.1) is 28.7 Å². The van der Waals surface area contributed by atoms with Gasteiger partial charge in [-0.15, -0.1) is 0 Å². The standard InChI is InChI=1S/C18H17FN2O4S/c19-13-5-7-14(8-6-13)20-18(23)15-3-1-2-4-16(15)21-17(22)12-9-10-26(24,25)11-12/h1-8,12H,9-11H2,(H,20,23)(H,21,22). The van der Waals surface area contributed by atoms with Gasteiger partial charge in [0.25, 0.3) is 5.91 Å². The Morgan fingerprint density at radius 2 is 1.69 bits per heavy atom. The highest BCUT2D eigenvalue weighted by Gasteiger charge is 2.33. The van der Waals surface area contributed by atoms with Crippen molar-refractivity contribution in [3.63, 3.8) is 0 Å². The van der Waals surface area contributed by atoms with Crippen LogP contribution < -0.4 is 10.6 Å². The van der Waals surface area contributed by atoms with Crippen molar-refractivity contribution in [1.82, 2.24) is 0 Å². The molecule has 0 bridgehead atoms. The molecule has 0 aromatic heterocycles. The molecule has 1 heterocycles. The molecule has 6 nitrogen and oxygen atoms in total. The SMILES string of the molecule is O=C(Nc1ccc(F)cc1)c1ccccc1NC(=O)C1CCS(=O)(=O)C1. The molecule has 8 heteroatoms. The second kappa shape index (κ2) is 7.25. The lowest BCUT2D eigenvalue weighted by Crippen LogP contribution is -2.25. The number of nitrogens with one attached hydrogen (secondary N) is 2. The van der Waals surface area contributed by atoms with Crippen LogP contribution in [-0.2, 0) is 14.6 Å². The normalized spacial score (nSPS) is 18.3. The number of para-hydroxylation sites is 1. The summed E-state index contributed by atoms with van der Waals surface area (Å²) in [4.78, 5) is 24.8. The summed E-state index contributed by atoms with van der Waals surface area (Å²) < 4.78 is 36.0. The summed E-state index contributed by atoms with van der Waals surface area (Å²) >= 11 is 0. The van der Waals surface area contributed by atoms with Crippen LogP contribution in [0.5, 0.6) is 0 Å². The van der Waals surface area contributed by atoms with E-state index in [-0.39, 0.29) is 23.5 Å². The number of halogens is 1. The maximum Gasteiger partial charge on any atom is 0.257 e. The zero-order chi connectivity index (χ0) is 18.7. The van der Waals surface area contributed by atoms with Gasteiger partial charge in [-0.3, -0.25) is 9.59 Å². The van der Waals surface area contributed by atoms with Crippen LogP contribution in [0.2, 0.25) is 0 Å². The van der Waals surface area contributed by atoms with Crippen LogP contribution in [0.15, 0.2) is 48.5 Å². The van der Waals surface area contributed by atoms with E-state index in [4.69, 9.17) is 0 Å². The number of sulfone groups is 1. The fourth-order valence-electron chi connectivity index (χ4n) is 2.76. The Hall–Kier alpha value is -2.74. The van der Waals surface area contributed by atoms with Crippen LogP contribution in [0.1, 0.15) is 16.8 Å². The lowest BCUT2D eigenvalue weighted by molar-refractivity contribution is -0.119. The average Bonchev–Trinajstić information content (AvgIpc) is 2.97. The second-order valence-electron chi connectivity index (χ2n) is 6.10. The summed E-state index contributed by atoms with van der Waals surface area (Å²) in [6.07, 6.45) is 0.276. The molecule has 26 heavy (non-hydrogen) atoms. The zero-order valence-electron chi connectivity index (χ0n) is 13.7. The van der Waals surface area contributed by atoms with Gasteiger partial charge in [-0.05, 0) is 42.8 Å². The van der Waals surface area contributed by atoms with Gasteiger partial charge in [-0.2, -0.15) is 0 Å². The number of rotatable bonds is 4. The molecule has 2 aromatic carbocycles. The number of carbonyl (C=O) groups is 2. The Balaban J connectivity index is 1.74. The van der Waals surface area contributed by atoms with Crippen LogP contribution in [0, 0.1) is 11.7 Å². The third-order valence-corrected chi connectivity index (χ3v) is 5.90. The molecular weight excluding hydrogens is 359 g/mol. The number of benzene rings is 2. The number of amides is 2. The van der Waals surface area contributed by atoms with Crippen molar-refractivity contribution < 1.29 is 22.4 Å². The molecule has 1 aliphatic rings.